The maximum atomic E-state index is 6.59. The van der Waals surface area contributed by atoms with E-state index >= 15 is 0 Å². The van der Waals surface area contributed by atoms with Crippen LogP contribution < -0.4 is 4.90 Å². The fourth-order valence-electron chi connectivity index (χ4n) is 4.45. The van der Waals surface area contributed by atoms with Crippen molar-refractivity contribution >= 4 is 61.7 Å². The van der Waals surface area contributed by atoms with E-state index in [9.17, 15) is 0 Å². The third-order valence-corrected chi connectivity index (χ3v) is 20.7. The zero-order chi connectivity index (χ0) is 32.5. The number of unbranched alkanes of at least 4 members (excludes halogenated alkanes) is 2. The average Bonchev–Trinajstić information content (AvgIpc) is 3.21. The van der Waals surface area contributed by atoms with Crippen LogP contribution in [0.25, 0.3) is 12.2 Å². The number of thiophene rings is 1. The molecule has 7 heteroatoms. The summed E-state index contributed by atoms with van der Waals surface area (Å²) in [6.07, 6.45) is 11.9. The normalized spacial score (nSPS) is 13.3. The number of hydrogen-bond acceptors (Lipinski definition) is 4. The smallest absolute Gasteiger partial charge is 0.192 e. The molecule has 0 saturated heterocycles. The molecule has 43 heavy (non-hydrogen) atoms. The molecule has 0 radical (unpaired) electrons. The largest absolute Gasteiger partial charge is 0.415 e. The molecule has 0 atom stereocenters. The zero-order valence-electron chi connectivity index (χ0n) is 29.6. The Balaban J connectivity index is 2.23. The minimum absolute atomic E-state index is 0.211. The molecular weight excluding hydrogens is 647 g/mol. The first-order chi connectivity index (χ1) is 19.9. The van der Waals surface area contributed by atoms with E-state index in [1.807, 2.05) is 11.3 Å². The summed E-state index contributed by atoms with van der Waals surface area (Å²) in [7, 11) is -3.59. The number of nitrogens with zero attached hydrogens (tertiary/aromatic N) is 1. The summed E-state index contributed by atoms with van der Waals surface area (Å²) in [6, 6.07) is 9.06. The summed E-state index contributed by atoms with van der Waals surface area (Å²) in [5.41, 5.74) is 5.56. The van der Waals surface area contributed by atoms with Crippen LogP contribution in [0.4, 0.5) is 5.69 Å². The lowest BCUT2D eigenvalue weighted by Gasteiger charge is -2.38. The molecule has 3 nitrogen and oxygen atoms in total. The molecule has 2 rings (SSSR count). The molecule has 1 heterocycles. The minimum atomic E-state index is -1.80. The first kappa shape index (κ1) is 38.5. The van der Waals surface area contributed by atoms with Crippen molar-refractivity contribution < 1.29 is 8.85 Å². The Morgan fingerprint density at radius 3 is 1.65 bits per heavy atom. The fraction of sp³-hybridized carbons (Fsp3) is 0.667. The molecule has 0 bridgehead atoms. The standard InChI is InChI=1S/C36H62BrNO2SSi2/c1-13-15-17-31-32(18-16-14-2)34(37)41-33(31)24-21-29-19-22-30(23-20-29)38(25-27-39-42(9,10)35(3,4)5)26-28-40-43(11,12)36(6,7)8/h19-24H,13-18,25-28H2,1-12H3/b24-21+. The second-order valence-electron chi connectivity index (χ2n) is 15.0. The average molecular weight is 709 g/mol. The van der Waals surface area contributed by atoms with Gasteiger partial charge >= 0.3 is 0 Å². The molecule has 0 aliphatic carbocycles. The van der Waals surface area contributed by atoms with Gasteiger partial charge in [-0.1, -0.05) is 86.4 Å². The van der Waals surface area contributed by atoms with Crippen molar-refractivity contribution in [3.05, 3.63) is 49.6 Å². The molecule has 0 unspecified atom stereocenters. The highest BCUT2D eigenvalue weighted by molar-refractivity contribution is 9.11. The van der Waals surface area contributed by atoms with Gasteiger partial charge in [-0.05, 0) is 113 Å². The van der Waals surface area contributed by atoms with Gasteiger partial charge in [0.2, 0.25) is 0 Å². The van der Waals surface area contributed by atoms with Crippen LogP contribution in [0, 0.1) is 0 Å². The third kappa shape index (κ3) is 11.6. The molecule has 0 amide bonds. The summed E-state index contributed by atoms with van der Waals surface area (Å²) >= 11 is 5.79. The number of anilines is 1. The van der Waals surface area contributed by atoms with Gasteiger partial charge in [0.25, 0.3) is 0 Å². The van der Waals surface area contributed by atoms with E-state index in [1.165, 1.54) is 64.0 Å². The monoisotopic (exact) mass is 707 g/mol. The lowest BCUT2D eigenvalue weighted by Crippen LogP contribution is -2.44. The van der Waals surface area contributed by atoms with Crippen molar-refractivity contribution in [1.82, 2.24) is 0 Å². The SMILES string of the molecule is CCCCc1c(Br)sc(/C=C/c2ccc(N(CCO[Si](C)(C)C(C)(C)C)CCO[Si](C)(C)C(C)(C)C)cc2)c1CCCC. The number of hydrogen-bond donors (Lipinski definition) is 0. The van der Waals surface area contributed by atoms with Crippen molar-refractivity contribution in [2.45, 2.75) is 130 Å². The third-order valence-electron chi connectivity index (χ3n) is 9.61. The van der Waals surface area contributed by atoms with E-state index in [4.69, 9.17) is 8.85 Å². The Hall–Kier alpha value is -0.706. The first-order valence-electron chi connectivity index (χ1n) is 16.5. The van der Waals surface area contributed by atoms with E-state index in [0.717, 1.165) is 26.3 Å². The van der Waals surface area contributed by atoms with E-state index in [-0.39, 0.29) is 10.1 Å². The second kappa shape index (κ2) is 16.7. The first-order valence-corrected chi connectivity index (χ1v) is 24.0. The Labute approximate surface area is 280 Å². The second-order valence-corrected chi connectivity index (χ2v) is 27.0. The van der Waals surface area contributed by atoms with Gasteiger partial charge in [0.15, 0.2) is 16.6 Å². The van der Waals surface area contributed by atoms with Gasteiger partial charge in [-0.2, -0.15) is 0 Å². The van der Waals surface area contributed by atoms with Gasteiger partial charge in [-0.3, -0.25) is 0 Å². The van der Waals surface area contributed by atoms with Crippen LogP contribution in [-0.2, 0) is 21.7 Å². The molecule has 0 saturated carbocycles. The van der Waals surface area contributed by atoms with Crippen molar-refractivity contribution in [3.8, 4) is 0 Å². The molecule has 1 aromatic carbocycles. The highest BCUT2D eigenvalue weighted by Gasteiger charge is 2.38. The Morgan fingerprint density at radius 1 is 0.744 bits per heavy atom. The highest BCUT2D eigenvalue weighted by Crippen LogP contribution is 2.38. The van der Waals surface area contributed by atoms with Crippen molar-refractivity contribution in [2.24, 2.45) is 0 Å². The van der Waals surface area contributed by atoms with Crippen molar-refractivity contribution in [1.29, 1.82) is 0 Å². The van der Waals surface area contributed by atoms with Gasteiger partial charge in [0.05, 0.1) is 17.0 Å². The molecule has 0 fully saturated rings. The van der Waals surface area contributed by atoms with Crippen molar-refractivity contribution in [2.75, 3.05) is 31.2 Å². The van der Waals surface area contributed by atoms with Gasteiger partial charge in [-0.15, -0.1) is 11.3 Å². The molecule has 0 aliphatic rings. The minimum Gasteiger partial charge on any atom is -0.415 e. The maximum absolute atomic E-state index is 6.59. The zero-order valence-corrected chi connectivity index (χ0v) is 34.0. The van der Waals surface area contributed by atoms with Crippen LogP contribution in [0.5, 0.6) is 0 Å². The predicted octanol–water partition coefficient (Wildman–Crippen LogP) is 12.2. The van der Waals surface area contributed by atoms with Gasteiger partial charge < -0.3 is 13.8 Å². The van der Waals surface area contributed by atoms with E-state index in [0.29, 0.717) is 0 Å². The number of benzene rings is 1. The van der Waals surface area contributed by atoms with Gasteiger partial charge in [-0.25, -0.2) is 0 Å². The van der Waals surface area contributed by atoms with Gasteiger partial charge in [0.1, 0.15) is 0 Å². The Kier molecular flexibility index (Phi) is 15.0. The van der Waals surface area contributed by atoms with E-state index in [2.05, 4.69) is 139 Å². The van der Waals surface area contributed by atoms with Gasteiger partial charge in [0, 0.05) is 23.7 Å². The molecular formula is C36H62BrNO2SSi2. The molecule has 0 aliphatic heterocycles. The Bertz CT molecular complexity index is 1110. The van der Waals surface area contributed by atoms with E-state index < -0.39 is 16.6 Å². The topological polar surface area (TPSA) is 21.7 Å². The molecule has 0 N–H and O–H groups in total. The number of halogens is 1. The molecule has 1 aromatic heterocycles. The summed E-state index contributed by atoms with van der Waals surface area (Å²) in [6.45, 7) is 31.0. The van der Waals surface area contributed by atoms with Crippen LogP contribution in [-0.4, -0.2) is 42.9 Å². The van der Waals surface area contributed by atoms with Crippen LogP contribution >= 0.6 is 27.3 Å². The summed E-state index contributed by atoms with van der Waals surface area (Å²) in [5.74, 6) is 0. The maximum Gasteiger partial charge on any atom is 0.192 e. The number of rotatable bonds is 17. The summed E-state index contributed by atoms with van der Waals surface area (Å²) < 4.78 is 14.5. The molecule has 2 aromatic rings. The summed E-state index contributed by atoms with van der Waals surface area (Å²) in [4.78, 5) is 3.86. The fourth-order valence-corrected chi connectivity index (χ4v) is 8.50. The van der Waals surface area contributed by atoms with Crippen LogP contribution in [0.2, 0.25) is 36.3 Å². The lowest BCUT2D eigenvalue weighted by atomic mass is 10.00. The van der Waals surface area contributed by atoms with Crippen LogP contribution in [0.1, 0.15) is 103 Å². The lowest BCUT2D eigenvalue weighted by molar-refractivity contribution is 0.276. The molecule has 0 spiro atoms. The van der Waals surface area contributed by atoms with Crippen LogP contribution in [0.15, 0.2) is 28.1 Å². The predicted molar refractivity (Wildman–Crippen MR) is 203 cm³/mol. The van der Waals surface area contributed by atoms with Crippen LogP contribution in [0.3, 0.4) is 0 Å². The molecule has 244 valence electrons. The van der Waals surface area contributed by atoms with E-state index in [1.54, 1.807) is 5.56 Å². The Morgan fingerprint density at radius 2 is 1.21 bits per heavy atom. The summed E-state index contributed by atoms with van der Waals surface area (Å²) in [5, 5.41) is 0.422. The quantitative estimate of drug-likeness (QED) is 0.153. The van der Waals surface area contributed by atoms with Crippen molar-refractivity contribution in [3.63, 3.8) is 0 Å². The highest BCUT2D eigenvalue weighted by atomic mass is 79.9.